The van der Waals surface area contributed by atoms with Crippen LogP contribution in [0.2, 0.25) is 0 Å². The van der Waals surface area contributed by atoms with E-state index in [1.807, 2.05) is 6.07 Å². The van der Waals surface area contributed by atoms with E-state index in [0.717, 1.165) is 12.1 Å². The third-order valence-corrected chi connectivity index (χ3v) is 2.46. The Balaban J connectivity index is 3.08. The van der Waals surface area contributed by atoms with Crippen LogP contribution < -0.4 is 5.73 Å². The summed E-state index contributed by atoms with van der Waals surface area (Å²) >= 11 is 0. The van der Waals surface area contributed by atoms with Crippen LogP contribution in [0.3, 0.4) is 0 Å². The van der Waals surface area contributed by atoms with Crippen molar-refractivity contribution in [1.82, 2.24) is 0 Å². The Morgan fingerprint density at radius 2 is 1.83 bits per heavy atom. The first kappa shape index (κ1) is 9.11. The lowest BCUT2D eigenvalue weighted by molar-refractivity contribution is 0.910. The number of benzene rings is 1. The van der Waals surface area contributed by atoms with Crippen LogP contribution in [0, 0.1) is 13.8 Å². The SMILES string of the molecule is CCCc1ccc(N)c(C)c1C. The molecule has 0 saturated heterocycles. The molecular weight excluding hydrogens is 146 g/mol. The van der Waals surface area contributed by atoms with Crippen molar-refractivity contribution in [1.29, 1.82) is 0 Å². The van der Waals surface area contributed by atoms with E-state index in [0.29, 0.717) is 0 Å². The molecular formula is C11H17N. The standard InChI is InChI=1S/C11H17N/c1-4-5-10-6-7-11(12)9(3)8(10)2/h6-7H,4-5,12H2,1-3H3. The number of hydrogen-bond donors (Lipinski definition) is 1. The molecule has 0 bridgehead atoms. The van der Waals surface area contributed by atoms with Crippen LogP contribution in [0.4, 0.5) is 5.69 Å². The molecule has 0 amide bonds. The molecule has 0 fully saturated rings. The van der Waals surface area contributed by atoms with Gasteiger partial charge in [-0.05, 0) is 43.0 Å². The van der Waals surface area contributed by atoms with Crippen molar-refractivity contribution in [2.45, 2.75) is 33.6 Å². The van der Waals surface area contributed by atoms with Gasteiger partial charge in [0.05, 0.1) is 0 Å². The predicted octanol–water partition coefficient (Wildman–Crippen LogP) is 2.84. The van der Waals surface area contributed by atoms with Gasteiger partial charge in [-0.2, -0.15) is 0 Å². The molecule has 0 aliphatic rings. The average Bonchev–Trinajstić information content (AvgIpc) is 2.07. The molecule has 1 aromatic carbocycles. The van der Waals surface area contributed by atoms with Crippen molar-refractivity contribution >= 4 is 5.69 Å². The Morgan fingerprint density at radius 3 is 2.42 bits per heavy atom. The van der Waals surface area contributed by atoms with Gasteiger partial charge in [-0.15, -0.1) is 0 Å². The second kappa shape index (κ2) is 3.61. The Hall–Kier alpha value is -0.980. The molecule has 0 aliphatic heterocycles. The monoisotopic (exact) mass is 163 g/mol. The van der Waals surface area contributed by atoms with E-state index < -0.39 is 0 Å². The van der Waals surface area contributed by atoms with Crippen molar-refractivity contribution in [2.75, 3.05) is 5.73 Å². The third-order valence-electron chi connectivity index (χ3n) is 2.46. The molecule has 66 valence electrons. The van der Waals surface area contributed by atoms with Crippen LogP contribution in [-0.4, -0.2) is 0 Å². The van der Waals surface area contributed by atoms with Gasteiger partial charge >= 0.3 is 0 Å². The van der Waals surface area contributed by atoms with Crippen molar-refractivity contribution in [2.24, 2.45) is 0 Å². The number of nitrogen functional groups attached to an aromatic ring is 1. The second-order valence-corrected chi connectivity index (χ2v) is 3.31. The van der Waals surface area contributed by atoms with E-state index in [4.69, 9.17) is 5.73 Å². The molecule has 0 atom stereocenters. The molecule has 0 aromatic heterocycles. The fourth-order valence-electron chi connectivity index (χ4n) is 1.44. The van der Waals surface area contributed by atoms with Gasteiger partial charge in [0.1, 0.15) is 0 Å². The molecule has 0 heterocycles. The average molecular weight is 163 g/mol. The molecule has 1 aromatic rings. The highest BCUT2D eigenvalue weighted by Crippen LogP contribution is 2.20. The lowest BCUT2D eigenvalue weighted by Crippen LogP contribution is -1.96. The molecule has 0 unspecified atom stereocenters. The topological polar surface area (TPSA) is 26.0 Å². The Morgan fingerprint density at radius 1 is 1.17 bits per heavy atom. The molecule has 0 aliphatic carbocycles. The highest BCUT2D eigenvalue weighted by atomic mass is 14.6. The predicted molar refractivity (Wildman–Crippen MR) is 54.3 cm³/mol. The highest BCUT2D eigenvalue weighted by Gasteiger charge is 2.02. The summed E-state index contributed by atoms with van der Waals surface area (Å²) < 4.78 is 0. The minimum absolute atomic E-state index is 0.910. The highest BCUT2D eigenvalue weighted by molar-refractivity contribution is 5.52. The fourth-order valence-corrected chi connectivity index (χ4v) is 1.44. The summed E-state index contributed by atoms with van der Waals surface area (Å²) in [6.07, 6.45) is 2.36. The lowest BCUT2D eigenvalue weighted by Gasteiger charge is -2.09. The molecule has 1 rings (SSSR count). The number of hydrogen-bond acceptors (Lipinski definition) is 1. The zero-order valence-electron chi connectivity index (χ0n) is 8.15. The summed E-state index contributed by atoms with van der Waals surface area (Å²) in [6.45, 7) is 6.44. The maximum absolute atomic E-state index is 5.79. The zero-order valence-corrected chi connectivity index (χ0v) is 8.15. The Bertz CT molecular complexity index is 277. The minimum Gasteiger partial charge on any atom is -0.399 e. The fraction of sp³-hybridized carbons (Fsp3) is 0.455. The third kappa shape index (κ3) is 1.60. The van der Waals surface area contributed by atoms with Crippen molar-refractivity contribution in [3.05, 3.63) is 28.8 Å². The van der Waals surface area contributed by atoms with Gasteiger partial charge in [0.15, 0.2) is 0 Å². The van der Waals surface area contributed by atoms with Gasteiger partial charge in [-0.25, -0.2) is 0 Å². The number of aryl methyl sites for hydroxylation is 1. The van der Waals surface area contributed by atoms with Gasteiger partial charge < -0.3 is 5.73 Å². The van der Waals surface area contributed by atoms with Gasteiger partial charge in [0, 0.05) is 5.69 Å². The van der Waals surface area contributed by atoms with Gasteiger partial charge in [0.2, 0.25) is 0 Å². The van der Waals surface area contributed by atoms with Gasteiger partial charge in [-0.3, -0.25) is 0 Å². The van der Waals surface area contributed by atoms with Gasteiger partial charge in [0.25, 0.3) is 0 Å². The second-order valence-electron chi connectivity index (χ2n) is 3.31. The van der Waals surface area contributed by atoms with E-state index in [-0.39, 0.29) is 0 Å². The summed E-state index contributed by atoms with van der Waals surface area (Å²) in [5.41, 5.74) is 10.7. The first-order valence-corrected chi connectivity index (χ1v) is 4.51. The summed E-state index contributed by atoms with van der Waals surface area (Å²) in [7, 11) is 0. The normalized spacial score (nSPS) is 10.2. The number of anilines is 1. The smallest absolute Gasteiger partial charge is 0.0346 e. The Labute approximate surface area is 74.6 Å². The molecule has 2 N–H and O–H groups in total. The molecule has 0 radical (unpaired) electrons. The minimum atomic E-state index is 0.910. The van der Waals surface area contributed by atoms with Crippen LogP contribution in [-0.2, 0) is 6.42 Å². The van der Waals surface area contributed by atoms with E-state index in [1.54, 1.807) is 0 Å². The van der Waals surface area contributed by atoms with Crippen LogP contribution >= 0.6 is 0 Å². The maximum atomic E-state index is 5.79. The molecule has 1 heteroatoms. The summed E-state index contributed by atoms with van der Waals surface area (Å²) in [5.74, 6) is 0. The maximum Gasteiger partial charge on any atom is 0.0346 e. The van der Waals surface area contributed by atoms with Crippen molar-refractivity contribution in [3.63, 3.8) is 0 Å². The molecule has 12 heavy (non-hydrogen) atoms. The van der Waals surface area contributed by atoms with Crippen molar-refractivity contribution < 1.29 is 0 Å². The molecule has 0 saturated carbocycles. The van der Waals surface area contributed by atoms with Gasteiger partial charge in [-0.1, -0.05) is 19.4 Å². The van der Waals surface area contributed by atoms with Crippen LogP contribution in [0.5, 0.6) is 0 Å². The van der Waals surface area contributed by atoms with Crippen LogP contribution in [0.15, 0.2) is 12.1 Å². The zero-order chi connectivity index (χ0) is 9.14. The first-order valence-electron chi connectivity index (χ1n) is 4.51. The quantitative estimate of drug-likeness (QED) is 0.666. The molecule has 1 nitrogen and oxygen atoms in total. The van der Waals surface area contributed by atoms with E-state index in [9.17, 15) is 0 Å². The number of rotatable bonds is 2. The van der Waals surface area contributed by atoms with E-state index in [2.05, 4.69) is 26.8 Å². The summed E-state index contributed by atoms with van der Waals surface area (Å²) in [6, 6.07) is 4.15. The summed E-state index contributed by atoms with van der Waals surface area (Å²) in [4.78, 5) is 0. The largest absolute Gasteiger partial charge is 0.399 e. The lowest BCUT2D eigenvalue weighted by atomic mass is 9.99. The first-order chi connectivity index (χ1) is 5.66. The number of nitrogens with two attached hydrogens (primary N) is 1. The molecule has 0 spiro atoms. The van der Waals surface area contributed by atoms with Crippen LogP contribution in [0.25, 0.3) is 0 Å². The summed E-state index contributed by atoms with van der Waals surface area (Å²) in [5, 5.41) is 0. The van der Waals surface area contributed by atoms with Crippen molar-refractivity contribution in [3.8, 4) is 0 Å². The van der Waals surface area contributed by atoms with E-state index >= 15 is 0 Å². The van der Waals surface area contributed by atoms with Crippen LogP contribution in [0.1, 0.15) is 30.0 Å². The Kier molecular flexibility index (Phi) is 2.74. The van der Waals surface area contributed by atoms with E-state index in [1.165, 1.54) is 23.1 Å².